The van der Waals surface area contributed by atoms with Gasteiger partial charge in [-0.25, -0.2) is 9.97 Å². The SMILES string of the molecule is COc1ccc(-c2nnc(-c3ccc(-c4cnc(O[C@H]5CC[C@H](CC(=O)O)CC5)nc4)nc3)[nH]2)cc1. The quantitative estimate of drug-likeness (QED) is 0.371. The molecule has 10 heteroatoms. The molecule has 0 bridgehead atoms. The predicted octanol–water partition coefficient (Wildman–Crippen LogP) is 4.41. The van der Waals surface area contributed by atoms with Crippen LogP contribution in [0.3, 0.4) is 0 Å². The maximum absolute atomic E-state index is 10.9. The van der Waals surface area contributed by atoms with Gasteiger partial charge in [-0.3, -0.25) is 9.78 Å². The second-order valence-electron chi connectivity index (χ2n) is 8.80. The van der Waals surface area contributed by atoms with Gasteiger partial charge in [-0.15, -0.1) is 10.2 Å². The van der Waals surface area contributed by atoms with Crippen LogP contribution in [0.2, 0.25) is 0 Å². The maximum Gasteiger partial charge on any atom is 0.316 e. The summed E-state index contributed by atoms with van der Waals surface area (Å²) in [5, 5.41) is 17.4. The summed E-state index contributed by atoms with van der Waals surface area (Å²) in [6, 6.07) is 11.7. The van der Waals surface area contributed by atoms with Gasteiger partial charge < -0.3 is 19.6 Å². The number of hydrogen-bond acceptors (Lipinski definition) is 8. The molecule has 184 valence electrons. The second kappa shape index (κ2) is 10.5. The molecule has 1 aliphatic carbocycles. The highest BCUT2D eigenvalue weighted by atomic mass is 16.5. The summed E-state index contributed by atoms with van der Waals surface area (Å²) < 4.78 is 11.1. The zero-order valence-corrected chi connectivity index (χ0v) is 19.8. The molecule has 0 saturated heterocycles. The molecule has 0 aliphatic heterocycles. The molecule has 1 aromatic carbocycles. The predicted molar refractivity (Wildman–Crippen MR) is 131 cm³/mol. The van der Waals surface area contributed by atoms with Gasteiger partial charge in [0.25, 0.3) is 0 Å². The number of hydrogen-bond donors (Lipinski definition) is 2. The number of H-pyrrole nitrogens is 1. The number of rotatable bonds is 8. The van der Waals surface area contributed by atoms with Gasteiger partial charge in [0.05, 0.1) is 12.8 Å². The number of carboxylic acids is 1. The number of carboxylic acid groups (broad SMARTS) is 1. The van der Waals surface area contributed by atoms with Crippen molar-refractivity contribution < 1.29 is 19.4 Å². The molecule has 0 amide bonds. The number of pyridine rings is 1. The fraction of sp³-hybridized carbons (Fsp3) is 0.308. The minimum Gasteiger partial charge on any atom is -0.497 e. The van der Waals surface area contributed by atoms with Gasteiger partial charge in [-0.2, -0.15) is 0 Å². The van der Waals surface area contributed by atoms with Crippen molar-refractivity contribution in [2.45, 2.75) is 38.2 Å². The Balaban J connectivity index is 1.20. The molecule has 0 radical (unpaired) electrons. The highest BCUT2D eigenvalue weighted by Gasteiger charge is 2.24. The van der Waals surface area contributed by atoms with E-state index < -0.39 is 5.97 Å². The molecule has 1 aliphatic rings. The molecule has 5 rings (SSSR count). The Morgan fingerprint density at radius 1 is 0.889 bits per heavy atom. The van der Waals surface area contributed by atoms with E-state index in [-0.39, 0.29) is 18.4 Å². The highest BCUT2D eigenvalue weighted by molar-refractivity contribution is 5.67. The van der Waals surface area contributed by atoms with E-state index >= 15 is 0 Å². The summed E-state index contributed by atoms with van der Waals surface area (Å²) in [6.07, 6.45) is 8.67. The molecule has 10 nitrogen and oxygen atoms in total. The van der Waals surface area contributed by atoms with E-state index in [1.165, 1.54) is 0 Å². The van der Waals surface area contributed by atoms with Crippen molar-refractivity contribution in [2.24, 2.45) is 5.92 Å². The van der Waals surface area contributed by atoms with Crippen LogP contribution in [0.4, 0.5) is 0 Å². The Morgan fingerprint density at radius 2 is 1.53 bits per heavy atom. The van der Waals surface area contributed by atoms with Crippen LogP contribution in [-0.4, -0.2) is 54.4 Å². The molecule has 4 aromatic rings. The van der Waals surface area contributed by atoms with Crippen molar-refractivity contribution in [3.63, 3.8) is 0 Å². The summed E-state index contributed by atoms with van der Waals surface area (Å²) >= 11 is 0. The fourth-order valence-corrected chi connectivity index (χ4v) is 4.33. The lowest BCUT2D eigenvalue weighted by Crippen LogP contribution is -2.25. The van der Waals surface area contributed by atoms with E-state index in [1.54, 1.807) is 25.7 Å². The molecule has 0 atom stereocenters. The lowest BCUT2D eigenvalue weighted by molar-refractivity contribution is -0.138. The zero-order chi connectivity index (χ0) is 24.9. The lowest BCUT2D eigenvalue weighted by atomic mass is 9.85. The molecule has 1 fully saturated rings. The number of carbonyl (C=O) groups is 1. The van der Waals surface area contributed by atoms with E-state index in [4.69, 9.17) is 14.6 Å². The molecule has 0 unspecified atom stereocenters. The average molecular weight is 487 g/mol. The number of aliphatic carboxylic acids is 1. The lowest BCUT2D eigenvalue weighted by Gasteiger charge is -2.27. The number of nitrogens with zero attached hydrogens (tertiary/aromatic N) is 5. The molecule has 2 N–H and O–H groups in total. The Labute approximate surface area is 207 Å². The topological polar surface area (TPSA) is 136 Å². The van der Waals surface area contributed by atoms with Gasteiger partial charge >= 0.3 is 12.0 Å². The Kier molecular flexibility index (Phi) is 6.83. The summed E-state index contributed by atoms with van der Waals surface area (Å²) in [5.41, 5.74) is 3.22. The van der Waals surface area contributed by atoms with E-state index in [9.17, 15) is 4.79 Å². The number of methoxy groups -OCH3 is 1. The van der Waals surface area contributed by atoms with Crippen molar-refractivity contribution >= 4 is 5.97 Å². The van der Waals surface area contributed by atoms with Crippen LogP contribution in [0.1, 0.15) is 32.1 Å². The van der Waals surface area contributed by atoms with E-state index in [0.29, 0.717) is 17.7 Å². The first-order valence-electron chi connectivity index (χ1n) is 11.8. The first-order chi connectivity index (χ1) is 17.6. The number of nitrogens with one attached hydrogen (secondary N) is 1. The van der Waals surface area contributed by atoms with Gasteiger partial charge in [0.2, 0.25) is 0 Å². The van der Waals surface area contributed by atoms with Gasteiger partial charge in [0, 0.05) is 41.7 Å². The van der Waals surface area contributed by atoms with Crippen LogP contribution >= 0.6 is 0 Å². The van der Waals surface area contributed by atoms with Crippen molar-refractivity contribution in [2.75, 3.05) is 7.11 Å². The zero-order valence-electron chi connectivity index (χ0n) is 19.8. The van der Waals surface area contributed by atoms with Crippen LogP contribution in [0.5, 0.6) is 11.8 Å². The van der Waals surface area contributed by atoms with E-state index in [1.807, 2.05) is 36.4 Å². The average Bonchev–Trinajstić information content (AvgIpc) is 3.41. The summed E-state index contributed by atoms with van der Waals surface area (Å²) in [4.78, 5) is 27.3. The van der Waals surface area contributed by atoms with Gasteiger partial charge in [0.15, 0.2) is 11.6 Å². The molecule has 0 spiro atoms. The number of aromatic nitrogens is 6. The van der Waals surface area contributed by atoms with Gasteiger partial charge in [0.1, 0.15) is 11.9 Å². The third-order valence-corrected chi connectivity index (χ3v) is 6.34. The molecular weight excluding hydrogens is 460 g/mol. The van der Waals surface area contributed by atoms with Crippen LogP contribution in [0.15, 0.2) is 55.0 Å². The van der Waals surface area contributed by atoms with E-state index in [0.717, 1.165) is 53.8 Å². The Bertz CT molecular complexity index is 1300. The third-order valence-electron chi connectivity index (χ3n) is 6.34. The second-order valence-corrected chi connectivity index (χ2v) is 8.80. The highest BCUT2D eigenvalue weighted by Crippen LogP contribution is 2.29. The molecular formula is C26H26N6O4. The molecule has 1 saturated carbocycles. The van der Waals surface area contributed by atoms with Gasteiger partial charge in [-0.05, 0) is 68.0 Å². The Morgan fingerprint density at radius 3 is 2.14 bits per heavy atom. The van der Waals surface area contributed by atoms with Crippen LogP contribution in [0, 0.1) is 5.92 Å². The smallest absolute Gasteiger partial charge is 0.316 e. The minimum atomic E-state index is -0.737. The van der Waals surface area contributed by atoms with Crippen LogP contribution in [-0.2, 0) is 4.79 Å². The third kappa shape index (κ3) is 5.48. The number of benzene rings is 1. The minimum absolute atomic E-state index is 0.0167. The molecule has 3 heterocycles. The number of aromatic amines is 1. The van der Waals surface area contributed by atoms with Crippen LogP contribution < -0.4 is 9.47 Å². The molecule has 36 heavy (non-hydrogen) atoms. The van der Waals surface area contributed by atoms with Crippen molar-refractivity contribution in [3.8, 4) is 45.8 Å². The standard InChI is InChI=1S/C26H26N6O4/c1-35-20-9-4-17(5-10-20)24-30-25(32-31-24)18-6-11-22(27-13-18)19-14-28-26(29-15-19)36-21-7-2-16(3-8-21)12-23(33)34/h4-6,9-11,13-16,21H,2-3,7-8,12H2,1H3,(H,33,34)(H,30,31,32)/t16-,21-. The fourth-order valence-electron chi connectivity index (χ4n) is 4.33. The van der Waals surface area contributed by atoms with Gasteiger partial charge in [-0.1, -0.05) is 0 Å². The number of ether oxygens (including phenoxy) is 2. The summed E-state index contributed by atoms with van der Waals surface area (Å²) in [7, 11) is 1.63. The van der Waals surface area contributed by atoms with Crippen molar-refractivity contribution in [1.82, 2.24) is 30.1 Å². The van der Waals surface area contributed by atoms with Crippen LogP contribution in [0.25, 0.3) is 34.0 Å². The first kappa shape index (κ1) is 23.4. The maximum atomic E-state index is 10.9. The summed E-state index contributed by atoms with van der Waals surface area (Å²) in [5.74, 6) is 1.56. The first-order valence-corrected chi connectivity index (χ1v) is 11.8. The van der Waals surface area contributed by atoms with E-state index in [2.05, 4.69) is 30.1 Å². The largest absolute Gasteiger partial charge is 0.497 e. The monoisotopic (exact) mass is 486 g/mol. The summed E-state index contributed by atoms with van der Waals surface area (Å²) in [6.45, 7) is 0. The van der Waals surface area contributed by atoms with Crippen molar-refractivity contribution in [1.29, 1.82) is 0 Å². The Hall–Kier alpha value is -4.34. The normalized spacial score (nSPS) is 17.5. The van der Waals surface area contributed by atoms with Crippen molar-refractivity contribution in [3.05, 3.63) is 55.0 Å². The molecule has 3 aromatic heterocycles.